The van der Waals surface area contributed by atoms with Crippen molar-refractivity contribution < 1.29 is 9.13 Å². The van der Waals surface area contributed by atoms with Crippen molar-refractivity contribution in [1.29, 1.82) is 0 Å². The third kappa shape index (κ3) is 3.33. The molecule has 0 aliphatic rings. The lowest BCUT2D eigenvalue weighted by Crippen LogP contribution is -2.29. The first kappa shape index (κ1) is 14.9. The lowest BCUT2D eigenvalue weighted by molar-refractivity contribution is 0.338. The Morgan fingerprint density at radius 3 is 2.90 bits per heavy atom. The van der Waals surface area contributed by atoms with Gasteiger partial charge in [0.15, 0.2) is 0 Å². The van der Waals surface area contributed by atoms with E-state index >= 15 is 0 Å². The van der Waals surface area contributed by atoms with E-state index in [4.69, 9.17) is 10.6 Å². The summed E-state index contributed by atoms with van der Waals surface area (Å²) in [7, 11) is 0. The maximum absolute atomic E-state index is 14.0. The first-order chi connectivity index (χ1) is 9.65. The molecule has 1 heterocycles. The second-order valence-corrected chi connectivity index (χ2v) is 5.07. The summed E-state index contributed by atoms with van der Waals surface area (Å²) in [6, 6.07) is 6.01. The minimum Gasteiger partial charge on any atom is -0.492 e. The highest BCUT2D eigenvalue weighted by Gasteiger charge is 2.18. The minimum atomic E-state index is -0.500. The second-order valence-electron chi connectivity index (χ2n) is 4.15. The summed E-state index contributed by atoms with van der Waals surface area (Å²) in [5.41, 5.74) is 3.79. The van der Waals surface area contributed by atoms with Gasteiger partial charge in [0.1, 0.15) is 11.6 Å². The van der Waals surface area contributed by atoms with Crippen LogP contribution >= 0.6 is 15.9 Å². The molecule has 1 unspecified atom stereocenters. The summed E-state index contributed by atoms with van der Waals surface area (Å²) in [6.45, 7) is 2.43. The van der Waals surface area contributed by atoms with Crippen LogP contribution in [0.15, 0.2) is 41.1 Å². The van der Waals surface area contributed by atoms with Crippen LogP contribution in [-0.2, 0) is 0 Å². The van der Waals surface area contributed by atoms with Crippen LogP contribution in [0.2, 0.25) is 0 Å². The summed E-state index contributed by atoms with van der Waals surface area (Å²) < 4.78 is 20.2. The standard InChI is InChI=1S/C14H15BrFN3O/c1-2-20-11-5-9(7-18-8-11)14(19-17)12-6-10(15)3-4-13(12)16/h3-8,14,19H,2,17H2,1H3. The number of pyridine rings is 1. The van der Waals surface area contributed by atoms with Gasteiger partial charge in [-0.25, -0.2) is 9.82 Å². The molecular formula is C14H15BrFN3O. The van der Waals surface area contributed by atoms with Gasteiger partial charge < -0.3 is 4.74 Å². The minimum absolute atomic E-state index is 0.335. The Labute approximate surface area is 125 Å². The highest BCUT2D eigenvalue weighted by Crippen LogP contribution is 2.27. The molecule has 0 spiro atoms. The smallest absolute Gasteiger partial charge is 0.137 e. The van der Waals surface area contributed by atoms with Gasteiger partial charge in [-0.1, -0.05) is 15.9 Å². The van der Waals surface area contributed by atoms with Crippen LogP contribution in [0.1, 0.15) is 24.1 Å². The van der Waals surface area contributed by atoms with Gasteiger partial charge in [-0.2, -0.15) is 0 Å². The van der Waals surface area contributed by atoms with Crippen molar-refractivity contribution >= 4 is 15.9 Å². The Morgan fingerprint density at radius 1 is 1.40 bits per heavy atom. The SMILES string of the molecule is CCOc1cncc(C(NN)c2cc(Br)ccc2F)c1. The monoisotopic (exact) mass is 339 g/mol. The molecule has 0 radical (unpaired) electrons. The van der Waals surface area contributed by atoms with Gasteiger partial charge in [-0.05, 0) is 36.8 Å². The number of hydrazine groups is 1. The molecular weight excluding hydrogens is 325 g/mol. The highest BCUT2D eigenvalue weighted by molar-refractivity contribution is 9.10. The Bertz CT molecular complexity index is 594. The van der Waals surface area contributed by atoms with Crippen LogP contribution in [0.25, 0.3) is 0 Å². The third-order valence-electron chi connectivity index (χ3n) is 2.81. The number of hydrogen-bond acceptors (Lipinski definition) is 4. The molecule has 0 saturated carbocycles. The van der Waals surface area contributed by atoms with E-state index in [9.17, 15) is 4.39 Å². The van der Waals surface area contributed by atoms with Gasteiger partial charge in [0.05, 0.1) is 18.8 Å². The largest absolute Gasteiger partial charge is 0.492 e. The van der Waals surface area contributed by atoms with E-state index in [1.165, 1.54) is 6.07 Å². The average molecular weight is 340 g/mol. The fourth-order valence-electron chi connectivity index (χ4n) is 1.94. The van der Waals surface area contributed by atoms with E-state index in [2.05, 4.69) is 26.3 Å². The molecule has 1 aromatic heterocycles. The van der Waals surface area contributed by atoms with Crippen LogP contribution in [0, 0.1) is 5.82 Å². The summed E-state index contributed by atoms with van der Waals surface area (Å²) >= 11 is 3.33. The van der Waals surface area contributed by atoms with Crippen molar-refractivity contribution in [1.82, 2.24) is 10.4 Å². The van der Waals surface area contributed by atoms with Crippen molar-refractivity contribution in [2.75, 3.05) is 6.61 Å². The van der Waals surface area contributed by atoms with Crippen LogP contribution in [0.5, 0.6) is 5.75 Å². The fraction of sp³-hybridized carbons (Fsp3) is 0.214. The van der Waals surface area contributed by atoms with Gasteiger partial charge in [-0.15, -0.1) is 0 Å². The first-order valence-electron chi connectivity index (χ1n) is 6.14. The molecule has 0 fully saturated rings. The van der Waals surface area contributed by atoms with Gasteiger partial charge in [-0.3, -0.25) is 10.8 Å². The molecule has 6 heteroatoms. The van der Waals surface area contributed by atoms with Crippen molar-refractivity contribution in [3.8, 4) is 5.75 Å². The molecule has 1 aromatic carbocycles. The van der Waals surface area contributed by atoms with Crippen LogP contribution in [0.3, 0.4) is 0 Å². The lowest BCUT2D eigenvalue weighted by Gasteiger charge is -2.18. The number of nitrogens with two attached hydrogens (primary N) is 1. The molecule has 0 bridgehead atoms. The van der Waals surface area contributed by atoms with Gasteiger partial charge in [0, 0.05) is 16.2 Å². The van der Waals surface area contributed by atoms with Crippen molar-refractivity contribution in [3.05, 3.63) is 58.1 Å². The highest BCUT2D eigenvalue weighted by atomic mass is 79.9. The predicted molar refractivity (Wildman–Crippen MR) is 78.7 cm³/mol. The Hall–Kier alpha value is -1.50. The Balaban J connectivity index is 2.41. The Kier molecular flexibility index (Phi) is 5.05. The molecule has 2 rings (SSSR count). The number of aromatic nitrogens is 1. The summed E-state index contributed by atoms with van der Waals surface area (Å²) in [4.78, 5) is 4.09. The molecule has 20 heavy (non-hydrogen) atoms. The van der Waals surface area contributed by atoms with E-state index in [-0.39, 0.29) is 5.82 Å². The molecule has 2 aromatic rings. The number of ether oxygens (including phenoxy) is 1. The first-order valence-corrected chi connectivity index (χ1v) is 6.93. The maximum atomic E-state index is 14.0. The number of nitrogens with zero attached hydrogens (tertiary/aromatic N) is 1. The van der Waals surface area contributed by atoms with E-state index in [1.54, 1.807) is 30.6 Å². The molecule has 0 aliphatic heterocycles. The van der Waals surface area contributed by atoms with E-state index in [0.29, 0.717) is 17.9 Å². The number of halogens is 2. The van der Waals surface area contributed by atoms with Crippen LogP contribution < -0.4 is 16.0 Å². The van der Waals surface area contributed by atoms with E-state index in [1.807, 2.05) is 6.92 Å². The molecule has 3 N–H and O–H groups in total. The zero-order valence-electron chi connectivity index (χ0n) is 10.9. The van der Waals surface area contributed by atoms with Crippen molar-refractivity contribution in [2.45, 2.75) is 13.0 Å². The normalized spacial score (nSPS) is 12.2. The van der Waals surface area contributed by atoms with Crippen LogP contribution in [-0.4, -0.2) is 11.6 Å². The summed E-state index contributed by atoms with van der Waals surface area (Å²) in [5.74, 6) is 5.87. The van der Waals surface area contributed by atoms with Crippen molar-refractivity contribution in [3.63, 3.8) is 0 Å². The topological polar surface area (TPSA) is 60.2 Å². The zero-order valence-corrected chi connectivity index (χ0v) is 12.5. The lowest BCUT2D eigenvalue weighted by atomic mass is 10.0. The fourth-order valence-corrected chi connectivity index (χ4v) is 2.32. The zero-order chi connectivity index (χ0) is 14.5. The predicted octanol–water partition coefficient (Wildman–Crippen LogP) is 2.93. The molecule has 1 atom stereocenters. The maximum Gasteiger partial charge on any atom is 0.137 e. The summed E-state index contributed by atoms with van der Waals surface area (Å²) in [6.07, 6.45) is 3.24. The second kappa shape index (κ2) is 6.78. The molecule has 0 aliphatic carbocycles. The quantitative estimate of drug-likeness (QED) is 0.649. The van der Waals surface area contributed by atoms with Crippen LogP contribution in [0.4, 0.5) is 4.39 Å². The molecule has 4 nitrogen and oxygen atoms in total. The number of hydrogen-bond donors (Lipinski definition) is 2. The van der Waals surface area contributed by atoms with E-state index in [0.717, 1.165) is 10.0 Å². The molecule has 0 saturated heterocycles. The third-order valence-corrected chi connectivity index (χ3v) is 3.31. The van der Waals surface area contributed by atoms with Gasteiger partial charge in [0.25, 0.3) is 0 Å². The number of nitrogens with one attached hydrogen (secondary N) is 1. The van der Waals surface area contributed by atoms with Gasteiger partial charge >= 0.3 is 0 Å². The Morgan fingerprint density at radius 2 is 2.20 bits per heavy atom. The molecule has 0 amide bonds. The summed E-state index contributed by atoms with van der Waals surface area (Å²) in [5, 5.41) is 0. The van der Waals surface area contributed by atoms with E-state index < -0.39 is 6.04 Å². The van der Waals surface area contributed by atoms with Crippen molar-refractivity contribution in [2.24, 2.45) is 5.84 Å². The molecule has 106 valence electrons. The van der Waals surface area contributed by atoms with Gasteiger partial charge in [0.2, 0.25) is 0 Å². The number of benzene rings is 1. The number of rotatable bonds is 5. The average Bonchev–Trinajstić information content (AvgIpc) is 2.44.